The topological polar surface area (TPSA) is 169 Å². The normalized spacial score (nSPS) is 30.5. The number of hydrogen-bond donors (Lipinski definition) is 6. The summed E-state index contributed by atoms with van der Waals surface area (Å²) in [5.74, 6) is 4.21. The molecule has 4 atom stereocenters. The van der Waals surface area contributed by atoms with Gasteiger partial charge >= 0.3 is 0 Å². The third kappa shape index (κ3) is 2.15. The number of rotatable bonds is 3. The molecule has 0 aromatic carbocycles. The highest BCUT2D eigenvalue weighted by Gasteiger charge is 2.44. The van der Waals surface area contributed by atoms with Gasteiger partial charge in [-0.3, -0.25) is 14.8 Å². The highest BCUT2D eigenvalue weighted by molar-refractivity contribution is 5.96. The van der Waals surface area contributed by atoms with Crippen molar-refractivity contribution in [3.63, 3.8) is 0 Å². The molecule has 1 aromatic heterocycles. The Morgan fingerprint density at radius 2 is 2.21 bits per heavy atom. The first kappa shape index (κ1) is 13.7. The van der Waals surface area contributed by atoms with Crippen LogP contribution in [0.3, 0.4) is 0 Å². The highest BCUT2D eigenvalue weighted by Crippen LogP contribution is 2.31. The van der Waals surface area contributed by atoms with E-state index in [1.54, 1.807) is 0 Å². The Kier molecular flexibility index (Phi) is 3.68. The third-order valence-corrected chi connectivity index (χ3v) is 2.97. The Bertz CT molecular complexity index is 478. The fourth-order valence-electron chi connectivity index (χ4n) is 1.93. The number of imidazole rings is 1. The summed E-state index contributed by atoms with van der Waals surface area (Å²) >= 11 is 0. The van der Waals surface area contributed by atoms with Gasteiger partial charge in [0.05, 0.1) is 12.9 Å². The molecule has 0 bridgehead atoms. The summed E-state index contributed by atoms with van der Waals surface area (Å²) in [6.45, 7) is -0.459. The van der Waals surface area contributed by atoms with E-state index in [4.69, 9.17) is 21.4 Å². The number of ether oxygens (including phenoxy) is 1. The summed E-state index contributed by atoms with van der Waals surface area (Å²) in [6.07, 6.45) is -3.36. The van der Waals surface area contributed by atoms with Crippen LogP contribution in [0.25, 0.3) is 0 Å². The van der Waals surface area contributed by atoms with E-state index in [0.717, 1.165) is 0 Å². The molecule has 19 heavy (non-hydrogen) atoms. The van der Waals surface area contributed by atoms with Crippen LogP contribution in [0.15, 0.2) is 6.33 Å². The number of amides is 1. The zero-order valence-corrected chi connectivity index (χ0v) is 9.80. The van der Waals surface area contributed by atoms with Crippen molar-refractivity contribution in [3.8, 4) is 0 Å². The van der Waals surface area contributed by atoms with E-state index < -0.39 is 37.1 Å². The summed E-state index contributed by atoms with van der Waals surface area (Å²) in [6, 6.07) is 0. The summed E-state index contributed by atoms with van der Waals surface area (Å²) in [5, 5.41) is 28.4. The molecule has 2 rings (SSSR count). The molecule has 1 aromatic rings. The average Bonchev–Trinajstić information content (AvgIpc) is 2.91. The van der Waals surface area contributed by atoms with E-state index in [1.807, 2.05) is 5.43 Å². The first-order chi connectivity index (χ1) is 9.01. The van der Waals surface area contributed by atoms with E-state index in [2.05, 4.69) is 4.98 Å². The van der Waals surface area contributed by atoms with Crippen LogP contribution in [0, 0.1) is 0 Å². The maximum absolute atomic E-state index is 11.3. The molecule has 1 aliphatic rings. The maximum atomic E-state index is 11.3. The van der Waals surface area contributed by atoms with Crippen molar-refractivity contribution in [1.29, 1.82) is 0 Å². The van der Waals surface area contributed by atoms with Gasteiger partial charge in [-0.05, 0) is 0 Å². The smallest absolute Gasteiger partial charge is 0.287 e. The molecule has 2 heterocycles. The molecule has 1 amide bonds. The molecule has 106 valence electrons. The lowest BCUT2D eigenvalue weighted by Gasteiger charge is -2.17. The number of hydrogen-bond acceptors (Lipinski definition) is 8. The Labute approximate surface area is 107 Å². The number of aliphatic hydroxyl groups excluding tert-OH is 3. The Morgan fingerprint density at radius 1 is 1.53 bits per heavy atom. The molecule has 1 saturated heterocycles. The predicted octanol–water partition coefficient (Wildman–Crippen LogP) is -3.32. The maximum Gasteiger partial charge on any atom is 0.287 e. The predicted molar refractivity (Wildman–Crippen MR) is 61.3 cm³/mol. The number of nitrogen functional groups attached to an aromatic ring is 2. The minimum absolute atomic E-state index is 0.0715. The molecule has 1 aliphatic heterocycles. The van der Waals surface area contributed by atoms with Gasteiger partial charge in [0, 0.05) is 0 Å². The SMILES string of the molecule is NNC(=O)c1ncn([C@H]2O[C@@H](CO)[C@@H](O)[C@@H]2O)c1N. The number of nitrogens with one attached hydrogen (secondary N) is 1. The lowest BCUT2D eigenvalue weighted by molar-refractivity contribution is -0.0518. The largest absolute Gasteiger partial charge is 0.394 e. The minimum atomic E-state index is -1.30. The third-order valence-electron chi connectivity index (χ3n) is 2.97. The summed E-state index contributed by atoms with van der Waals surface area (Å²) in [4.78, 5) is 15.1. The molecular weight excluding hydrogens is 258 g/mol. The summed E-state index contributed by atoms with van der Waals surface area (Å²) < 4.78 is 6.45. The van der Waals surface area contributed by atoms with Crippen molar-refractivity contribution in [2.75, 3.05) is 12.3 Å². The molecule has 0 aliphatic carbocycles. The lowest BCUT2D eigenvalue weighted by atomic mass is 10.1. The number of aliphatic hydroxyl groups is 3. The molecule has 0 spiro atoms. The summed E-state index contributed by atoms with van der Waals surface area (Å²) in [5.41, 5.74) is 7.46. The van der Waals surface area contributed by atoms with Crippen molar-refractivity contribution in [1.82, 2.24) is 15.0 Å². The van der Waals surface area contributed by atoms with E-state index in [1.165, 1.54) is 10.9 Å². The van der Waals surface area contributed by atoms with Gasteiger partial charge in [0.15, 0.2) is 11.9 Å². The number of carbonyl (C=O) groups is 1. The van der Waals surface area contributed by atoms with Crippen molar-refractivity contribution >= 4 is 11.7 Å². The van der Waals surface area contributed by atoms with Crippen LogP contribution in [0.1, 0.15) is 16.7 Å². The monoisotopic (exact) mass is 273 g/mol. The van der Waals surface area contributed by atoms with Crippen molar-refractivity contribution < 1.29 is 24.9 Å². The zero-order valence-electron chi connectivity index (χ0n) is 9.80. The van der Waals surface area contributed by atoms with Gasteiger partial charge in [-0.25, -0.2) is 10.8 Å². The molecule has 10 heteroatoms. The molecular formula is C9H15N5O5. The van der Waals surface area contributed by atoms with Crippen LogP contribution >= 0.6 is 0 Å². The number of carbonyl (C=O) groups excluding carboxylic acids is 1. The molecule has 8 N–H and O–H groups in total. The van der Waals surface area contributed by atoms with Crippen LogP contribution in [0.2, 0.25) is 0 Å². The Hall–Kier alpha value is -1.72. The second-order valence-electron chi connectivity index (χ2n) is 4.09. The van der Waals surface area contributed by atoms with Gasteiger partial charge in [0.1, 0.15) is 24.1 Å². The van der Waals surface area contributed by atoms with Crippen molar-refractivity contribution in [3.05, 3.63) is 12.0 Å². The van der Waals surface area contributed by atoms with E-state index in [9.17, 15) is 15.0 Å². The van der Waals surface area contributed by atoms with E-state index in [-0.39, 0.29) is 11.5 Å². The second-order valence-corrected chi connectivity index (χ2v) is 4.09. The molecule has 0 radical (unpaired) electrons. The van der Waals surface area contributed by atoms with Crippen LogP contribution in [0.4, 0.5) is 5.82 Å². The van der Waals surface area contributed by atoms with Gasteiger partial charge in [-0.15, -0.1) is 0 Å². The minimum Gasteiger partial charge on any atom is -0.394 e. The molecule has 10 nitrogen and oxygen atoms in total. The van der Waals surface area contributed by atoms with Gasteiger partial charge in [-0.1, -0.05) is 0 Å². The number of anilines is 1. The Balaban J connectivity index is 2.28. The van der Waals surface area contributed by atoms with Crippen LogP contribution in [-0.4, -0.2) is 55.7 Å². The van der Waals surface area contributed by atoms with Crippen LogP contribution in [-0.2, 0) is 4.74 Å². The summed E-state index contributed by atoms with van der Waals surface area (Å²) in [7, 11) is 0. The first-order valence-electron chi connectivity index (χ1n) is 5.47. The molecule has 0 saturated carbocycles. The highest BCUT2D eigenvalue weighted by atomic mass is 16.6. The van der Waals surface area contributed by atoms with Crippen LogP contribution in [0.5, 0.6) is 0 Å². The van der Waals surface area contributed by atoms with E-state index >= 15 is 0 Å². The fourth-order valence-corrected chi connectivity index (χ4v) is 1.93. The fraction of sp³-hybridized carbons (Fsp3) is 0.556. The van der Waals surface area contributed by atoms with Gasteiger partial charge in [-0.2, -0.15) is 0 Å². The molecule has 1 fully saturated rings. The number of nitrogens with two attached hydrogens (primary N) is 2. The standard InChI is InChI=1S/C9H15N5O5/c10-7-4(8(18)13-11)12-2-14(7)9-6(17)5(16)3(1-15)19-9/h2-3,5-6,9,15-17H,1,10-11H2,(H,13,18)/t3-,5+,6-,9-/m0/s1. The van der Waals surface area contributed by atoms with Gasteiger partial charge < -0.3 is 25.8 Å². The lowest BCUT2D eigenvalue weighted by Crippen LogP contribution is -2.33. The quantitative estimate of drug-likeness (QED) is 0.189. The second kappa shape index (κ2) is 5.11. The average molecular weight is 273 g/mol. The van der Waals surface area contributed by atoms with Gasteiger partial charge in [0.25, 0.3) is 5.91 Å². The van der Waals surface area contributed by atoms with E-state index in [0.29, 0.717) is 0 Å². The molecule has 0 unspecified atom stereocenters. The van der Waals surface area contributed by atoms with Crippen molar-refractivity contribution in [2.24, 2.45) is 5.84 Å². The van der Waals surface area contributed by atoms with Crippen molar-refractivity contribution in [2.45, 2.75) is 24.5 Å². The first-order valence-corrected chi connectivity index (χ1v) is 5.47. The number of nitrogens with zero attached hydrogens (tertiary/aromatic N) is 2. The number of aromatic nitrogens is 2. The van der Waals surface area contributed by atoms with Crippen LogP contribution < -0.4 is 17.0 Å². The van der Waals surface area contributed by atoms with Gasteiger partial charge in [0.2, 0.25) is 0 Å². The number of hydrazine groups is 1. The Morgan fingerprint density at radius 3 is 2.74 bits per heavy atom. The zero-order chi connectivity index (χ0) is 14.2.